The van der Waals surface area contributed by atoms with Crippen molar-refractivity contribution in [3.8, 4) is 5.75 Å². The molecule has 1 amide bonds. The summed E-state index contributed by atoms with van der Waals surface area (Å²) in [6.07, 6.45) is 1.90. The summed E-state index contributed by atoms with van der Waals surface area (Å²) in [6, 6.07) is 26.2. The number of carboxylic acids is 1. The number of hydrogen-bond donors (Lipinski definition) is 1. The van der Waals surface area contributed by atoms with Crippen LogP contribution in [0.3, 0.4) is 0 Å². The monoisotopic (exact) mass is 467 g/mol. The number of para-hydroxylation sites is 1. The van der Waals surface area contributed by atoms with Gasteiger partial charge in [-0.2, -0.15) is 0 Å². The van der Waals surface area contributed by atoms with E-state index in [0.29, 0.717) is 12.3 Å². The van der Waals surface area contributed by atoms with Crippen molar-refractivity contribution in [2.75, 3.05) is 20.2 Å². The van der Waals surface area contributed by atoms with E-state index in [2.05, 4.69) is 30.3 Å². The summed E-state index contributed by atoms with van der Waals surface area (Å²) in [6.45, 7) is 0.689. The van der Waals surface area contributed by atoms with Gasteiger partial charge in [-0.3, -0.25) is 9.59 Å². The molecule has 1 heterocycles. The average molecular weight is 468 g/mol. The lowest BCUT2D eigenvalue weighted by Gasteiger charge is -2.59. The molecule has 5 nitrogen and oxygen atoms in total. The highest BCUT2D eigenvalue weighted by Crippen LogP contribution is 2.68. The Hall–Kier alpha value is -3.60. The van der Waals surface area contributed by atoms with Crippen LogP contribution in [-0.4, -0.2) is 42.1 Å². The third kappa shape index (κ3) is 2.94. The smallest absolute Gasteiger partial charge is 0.312 e. The summed E-state index contributed by atoms with van der Waals surface area (Å²) in [5.74, 6) is -0.439. The van der Waals surface area contributed by atoms with Crippen LogP contribution in [0.25, 0.3) is 0 Å². The molecule has 2 fully saturated rings. The van der Waals surface area contributed by atoms with Gasteiger partial charge in [-0.15, -0.1) is 0 Å². The molecule has 1 saturated heterocycles. The summed E-state index contributed by atoms with van der Waals surface area (Å²) in [5.41, 5.74) is 2.93. The van der Waals surface area contributed by atoms with E-state index in [1.807, 2.05) is 53.4 Å². The molecular formula is C30H29NO4. The molecule has 7 rings (SSSR count). The second kappa shape index (κ2) is 7.98. The molecule has 4 atom stereocenters. The van der Waals surface area contributed by atoms with Crippen molar-refractivity contribution in [1.29, 1.82) is 0 Å². The highest BCUT2D eigenvalue weighted by Gasteiger charge is 2.70. The Bertz CT molecular complexity index is 1300. The molecule has 1 saturated carbocycles. The minimum absolute atomic E-state index is 0.0452. The van der Waals surface area contributed by atoms with Crippen LogP contribution in [-0.2, 0) is 21.4 Å². The number of aliphatic carboxylic acids is 1. The molecule has 1 aliphatic heterocycles. The fraction of sp³-hybridized carbons (Fsp3) is 0.333. The molecule has 0 radical (unpaired) electrons. The summed E-state index contributed by atoms with van der Waals surface area (Å²) in [7, 11) is 1.60. The third-order valence-electron chi connectivity index (χ3n) is 8.91. The number of fused-ring (bicyclic) bond motifs is 1. The molecule has 178 valence electrons. The maximum Gasteiger partial charge on any atom is 0.312 e. The Morgan fingerprint density at radius 3 is 2.49 bits per heavy atom. The number of hydrogen-bond acceptors (Lipinski definition) is 3. The fourth-order valence-electron chi connectivity index (χ4n) is 7.50. The molecule has 3 aromatic carbocycles. The van der Waals surface area contributed by atoms with Crippen LogP contribution in [0.1, 0.15) is 41.0 Å². The van der Waals surface area contributed by atoms with E-state index in [4.69, 9.17) is 4.74 Å². The van der Waals surface area contributed by atoms with Gasteiger partial charge in [-0.1, -0.05) is 72.8 Å². The lowest BCUT2D eigenvalue weighted by atomic mass is 9.42. The Morgan fingerprint density at radius 2 is 1.71 bits per heavy atom. The van der Waals surface area contributed by atoms with Crippen molar-refractivity contribution in [3.05, 3.63) is 101 Å². The Labute approximate surface area is 205 Å². The van der Waals surface area contributed by atoms with Crippen LogP contribution in [0.5, 0.6) is 5.75 Å². The van der Waals surface area contributed by atoms with Gasteiger partial charge in [0, 0.05) is 35.9 Å². The molecule has 3 aliphatic carbocycles. The van der Waals surface area contributed by atoms with Gasteiger partial charge >= 0.3 is 5.97 Å². The fourth-order valence-corrected chi connectivity index (χ4v) is 7.50. The minimum atomic E-state index is -1.00. The van der Waals surface area contributed by atoms with Crippen molar-refractivity contribution in [2.24, 2.45) is 11.3 Å². The summed E-state index contributed by atoms with van der Waals surface area (Å²) >= 11 is 0. The first-order chi connectivity index (χ1) is 17.0. The SMILES string of the molecule is COc1ccccc1CC(=O)N1C[C@@H]2[C@]3(c4ccccc4)CC[C@@H](c4ccccc43)[C@]2(C(=O)O)C1. The van der Waals surface area contributed by atoms with E-state index in [-0.39, 0.29) is 30.7 Å². The van der Waals surface area contributed by atoms with Gasteiger partial charge < -0.3 is 14.7 Å². The molecule has 0 spiro atoms. The second-order valence-corrected chi connectivity index (χ2v) is 10.2. The van der Waals surface area contributed by atoms with Gasteiger partial charge in [0.25, 0.3) is 0 Å². The molecule has 4 aliphatic rings. The largest absolute Gasteiger partial charge is 0.496 e. The van der Waals surface area contributed by atoms with E-state index >= 15 is 0 Å². The number of amides is 1. The number of ether oxygens (including phenoxy) is 1. The van der Waals surface area contributed by atoms with Crippen molar-refractivity contribution >= 4 is 11.9 Å². The van der Waals surface area contributed by atoms with E-state index < -0.39 is 16.8 Å². The average Bonchev–Trinajstić information content (AvgIpc) is 3.34. The quantitative estimate of drug-likeness (QED) is 0.594. The molecular weight excluding hydrogens is 438 g/mol. The van der Waals surface area contributed by atoms with Crippen LogP contribution in [0.2, 0.25) is 0 Å². The maximum absolute atomic E-state index is 13.6. The maximum atomic E-state index is 13.6. The van der Waals surface area contributed by atoms with Crippen LogP contribution in [0.15, 0.2) is 78.9 Å². The van der Waals surface area contributed by atoms with Crippen LogP contribution in [0.4, 0.5) is 0 Å². The van der Waals surface area contributed by atoms with Crippen molar-refractivity contribution < 1.29 is 19.4 Å². The number of carboxylic acid groups (broad SMARTS) is 1. The summed E-state index contributed by atoms with van der Waals surface area (Å²) in [4.78, 5) is 28.6. The number of nitrogens with zero attached hydrogens (tertiary/aromatic N) is 1. The number of carbonyl (C=O) groups excluding carboxylic acids is 1. The zero-order valence-corrected chi connectivity index (χ0v) is 19.8. The minimum Gasteiger partial charge on any atom is -0.496 e. The van der Waals surface area contributed by atoms with Gasteiger partial charge in [0.1, 0.15) is 5.75 Å². The first-order valence-electron chi connectivity index (χ1n) is 12.3. The lowest BCUT2D eigenvalue weighted by molar-refractivity contribution is -0.157. The first-order valence-corrected chi connectivity index (χ1v) is 12.3. The van der Waals surface area contributed by atoms with E-state index in [1.165, 1.54) is 5.56 Å². The zero-order valence-electron chi connectivity index (χ0n) is 19.8. The van der Waals surface area contributed by atoms with Gasteiger partial charge in [0.15, 0.2) is 0 Å². The summed E-state index contributed by atoms with van der Waals surface area (Å²) in [5, 5.41) is 10.8. The third-order valence-corrected chi connectivity index (χ3v) is 8.91. The van der Waals surface area contributed by atoms with Gasteiger partial charge in [0.05, 0.1) is 18.9 Å². The standard InChI is InChI=1S/C30H29NO4/c1-35-25-14-8-5-9-20(25)17-27(32)31-18-26-29(21-10-3-2-4-11-21)16-15-24(30(26,19-31)28(33)34)22-12-6-7-13-23(22)29/h2-14,24,26H,15-19H2,1H3,(H,33,34)/t24-,26+,29-,30+/m0/s1. The molecule has 1 N–H and O–H groups in total. The molecule has 0 unspecified atom stereocenters. The predicted molar refractivity (Wildman–Crippen MR) is 132 cm³/mol. The highest BCUT2D eigenvalue weighted by atomic mass is 16.5. The van der Waals surface area contributed by atoms with E-state index in [1.54, 1.807) is 7.11 Å². The lowest BCUT2D eigenvalue weighted by Crippen LogP contribution is -2.60. The van der Waals surface area contributed by atoms with Crippen molar-refractivity contribution in [2.45, 2.75) is 30.6 Å². The highest BCUT2D eigenvalue weighted by molar-refractivity contribution is 5.85. The molecule has 2 bridgehead atoms. The van der Waals surface area contributed by atoms with E-state index in [0.717, 1.165) is 29.5 Å². The second-order valence-electron chi connectivity index (χ2n) is 10.2. The van der Waals surface area contributed by atoms with E-state index in [9.17, 15) is 14.7 Å². The predicted octanol–water partition coefficient (Wildman–Crippen LogP) is 4.64. The Morgan fingerprint density at radius 1 is 1.00 bits per heavy atom. The van der Waals surface area contributed by atoms with Gasteiger partial charge in [-0.25, -0.2) is 0 Å². The topological polar surface area (TPSA) is 66.8 Å². The molecule has 3 aromatic rings. The number of carbonyl (C=O) groups is 2. The number of likely N-dealkylation sites (tertiary alicyclic amines) is 1. The number of rotatable bonds is 5. The molecule has 5 heteroatoms. The summed E-state index contributed by atoms with van der Waals surface area (Å²) < 4.78 is 5.46. The van der Waals surface area contributed by atoms with Crippen molar-refractivity contribution in [3.63, 3.8) is 0 Å². The Kier molecular flexibility index (Phi) is 4.99. The van der Waals surface area contributed by atoms with Crippen molar-refractivity contribution in [1.82, 2.24) is 4.90 Å². The van der Waals surface area contributed by atoms with Crippen LogP contribution < -0.4 is 4.74 Å². The van der Waals surface area contributed by atoms with Crippen LogP contribution >= 0.6 is 0 Å². The number of methoxy groups -OCH3 is 1. The van der Waals surface area contributed by atoms with Crippen LogP contribution in [0, 0.1) is 11.3 Å². The molecule has 35 heavy (non-hydrogen) atoms. The first kappa shape index (κ1) is 21.9. The van der Waals surface area contributed by atoms with Gasteiger partial charge in [0.2, 0.25) is 5.91 Å². The zero-order chi connectivity index (χ0) is 24.2. The normalized spacial score (nSPS) is 28.3. The van der Waals surface area contributed by atoms with Gasteiger partial charge in [-0.05, 0) is 35.6 Å². The number of benzene rings is 3. The molecule has 0 aromatic heterocycles. The Balaban J connectivity index is 1.46.